The van der Waals surface area contributed by atoms with Crippen LogP contribution in [0.2, 0.25) is 0 Å². The van der Waals surface area contributed by atoms with Crippen molar-refractivity contribution in [1.29, 1.82) is 0 Å². The SMILES string of the molecule is CS(=O)(=O)c1cccc(C(=O)NCC[C@H]2CCCN2)c1. The summed E-state index contributed by atoms with van der Waals surface area (Å²) in [6.45, 7) is 1.65. The van der Waals surface area contributed by atoms with Crippen LogP contribution in [0.25, 0.3) is 0 Å². The minimum atomic E-state index is -3.28. The fourth-order valence-electron chi connectivity index (χ4n) is 2.33. The van der Waals surface area contributed by atoms with Gasteiger partial charge in [-0.2, -0.15) is 0 Å². The van der Waals surface area contributed by atoms with E-state index in [0.29, 0.717) is 18.2 Å². The molecule has 20 heavy (non-hydrogen) atoms. The van der Waals surface area contributed by atoms with Gasteiger partial charge in [0, 0.05) is 24.4 Å². The van der Waals surface area contributed by atoms with Crippen LogP contribution in [0.4, 0.5) is 0 Å². The Labute approximate surface area is 119 Å². The normalized spacial score (nSPS) is 18.9. The minimum absolute atomic E-state index is 0.169. The Morgan fingerprint density at radius 3 is 2.90 bits per heavy atom. The van der Waals surface area contributed by atoms with E-state index in [1.165, 1.54) is 18.6 Å². The number of sulfone groups is 1. The summed E-state index contributed by atoms with van der Waals surface area (Å²) in [6, 6.07) is 6.60. The fourth-order valence-corrected chi connectivity index (χ4v) is 3.00. The molecule has 1 amide bonds. The van der Waals surface area contributed by atoms with E-state index in [2.05, 4.69) is 10.6 Å². The van der Waals surface area contributed by atoms with E-state index in [-0.39, 0.29) is 10.8 Å². The first-order valence-corrected chi connectivity index (χ1v) is 8.67. The summed E-state index contributed by atoms with van der Waals surface area (Å²) in [5, 5.41) is 6.20. The Balaban J connectivity index is 1.92. The van der Waals surface area contributed by atoms with Crippen LogP contribution in [-0.2, 0) is 9.84 Å². The highest BCUT2D eigenvalue weighted by Crippen LogP contribution is 2.11. The molecule has 6 heteroatoms. The minimum Gasteiger partial charge on any atom is -0.352 e. The summed E-state index contributed by atoms with van der Waals surface area (Å²) >= 11 is 0. The maximum Gasteiger partial charge on any atom is 0.251 e. The molecule has 1 aromatic rings. The molecule has 0 saturated carbocycles. The molecule has 1 aliphatic rings. The van der Waals surface area contributed by atoms with Gasteiger partial charge in [0.25, 0.3) is 5.91 Å². The zero-order valence-electron chi connectivity index (χ0n) is 11.6. The lowest BCUT2D eigenvalue weighted by Gasteiger charge is -2.11. The number of carbonyl (C=O) groups is 1. The Hall–Kier alpha value is -1.40. The molecule has 1 atom stereocenters. The van der Waals surface area contributed by atoms with E-state index in [9.17, 15) is 13.2 Å². The van der Waals surface area contributed by atoms with Crippen molar-refractivity contribution in [3.05, 3.63) is 29.8 Å². The monoisotopic (exact) mass is 296 g/mol. The maximum atomic E-state index is 12.0. The predicted octanol–water partition coefficient (Wildman–Crippen LogP) is 0.962. The maximum absolute atomic E-state index is 12.0. The van der Waals surface area contributed by atoms with Crippen molar-refractivity contribution in [3.63, 3.8) is 0 Å². The van der Waals surface area contributed by atoms with Gasteiger partial charge in [-0.1, -0.05) is 6.07 Å². The highest BCUT2D eigenvalue weighted by Gasteiger charge is 2.15. The van der Waals surface area contributed by atoms with Crippen molar-refractivity contribution in [3.8, 4) is 0 Å². The average Bonchev–Trinajstić information content (AvgIpc) is 2.91. The van der Waals surface area contributed by atoms with Crippen LogP contribution in [-0.4, -0.2) is 39.7 Å². The average molecular weight is 296 g/mol. The van der Waals surface area contributed by atoms with Crippen LogP contribution in [0.15, 0.2) is 29.2 Å². The molecule has 1 aromatic carbocycles. The molecule has 1 aliphatic heterocycles. The molecule has 0 unspecified atom stereocenters. The zero-order chi connectivity index (χ0) is 14.6. The van der Waals surface area contributed by atoms with E-state index in [1.54, 1.807) is 12.1 Å². The second-order valence-corrected chi connectivity index (χ2v) is 7.15. The molecular formula is C14H20N2O3S. The van der Waals surface area contributed by atoms with Gasteiger partial charge in [0.1, 0.15) is 0 Å². The van der Waals surface area contributed by atoms with Crippen LogP contribution in [0, 0.1) is 0 Å². The Bertz CT molecular complexity index is 578. The lowest BCUT2D eigenvalue weighted by Crippen LogP contribution is -2.30. The van der Waals surface area contributed by atoms with Gasteiger partial charge >= 0.3 is 0 Å². The first-order valence-electron chi connectivity index (χ1n) is 6.78. The second-order valence-electron chi connectivity index (χ2n) is 5.14. The molecular weight excluding hydrogens is 276 g/mol. The summed E-state index contributed by atoms with van der Waals surface area (Å²) in [5.74, 6) is -0.228. The summed E-state index contributed by atoms with van der Waals surface area (Å²) in [4.78, 5) is 12.1. The smallest absolute Gasteiger partial charge is 0.251 e. The molecule has 1 saturated heterocycles. The topological polar surface area (TPSA) is 75.3 Å². The summed E-state index contributed by atoms with van der Waals surface area (Å²) in [6.07, 6.45) is 4.38. The van der Waals surface area contributed by atoms with Gasteiger partial charge in [-0.3, -0.25) is 4.79 Å². The fraction of sp³-hybridized carbons (Fsp3) is 0.500. The summed E-state index contributed by atoms with van der Waals surface area (Å²) < 4.78 is 22.9. The molecule has 1 fully saturated rings. The van der Waals surface area contributed by atoms with Crippen LogP contribution in [0.5, 0.6) is 0 Å². The number of hydrogen-bond donors (Lipinski definition) is 2. The third-order valence-electron chi connectivity index (χ3n) is 3.47. The predicted molar refractivity (Wildman–Crippen MR) is 77.5 cm³/mol. The van der Waals surface area contributed by atoms with Crippen LogP contribution >= 0.6 is 0 Å². The largest absolute Gasteiger partial charge is 0.352 e. The summed E-state index contributed by atoms with van der Waals surface area (Å²) in [5.41, 5.74) is 0.382. The molecule has 2 rings (SSSR count). The number of hydrogen-bond acceptors (Lipinski definition) is 4. The van der Waals surface area contributed by atoms with Crippen molar-refractivity contribution < 1.29 is 13.2 Å². The highest BCUT2D eigenvalue weighted by molar-refractivity contribution is 7.90. The molecule has 110 valence electrons. The number of benzene rings is 1. The highest BCUT2D eigenvalue weighted by atomic mass is 32.2. The van der Waals surface area contributed by atoms with Gasteiger partial charge in [-0.25, -0.2) is 8.42 Å². The van der Waals surface area contributed by atoms with Crippen molar-refractivity contribution in [1.82, 2.24) is 10.6 Å². The van der Waals surface area contributed by atoms with E-state index in [0.717, 1.165) is 25.6 Å². The molecule has 0 bridgehead atoms. The van der Waals surface area contributed by atoms with E-state index in [1.807, 2.05) is 0 Å². The molecule has 5 nitrogen and oxygen atoms in total. The molecule has 0 aliphatic carbocycles. The quantitative estimate of drug-likeness (QED) is 0.849. The number of amides is 1. The first kappa shape index (κ1) is 15.0. The van der Waals surface area contributed by atoms with E-state index < -0.39 is 9.84 Å². The van der Waals surface area contributed by atoms with Crippen molar-refractivity contribution in [2.24, 2.45) is 0 Å². The van der Waals surface area contributed by atoms with E-state index >= 15 is 0 Å². The van der Waals surface area contributed by atoms with Crippen molar-refractivity contribution >= 4 is 15.7 Å². The Morgan fingerprint density at radius 2 is 2.25 bits per heavy atom. The first-order chi connectivity index (χ1) is 9.47. The second kappa shape index (κ2) is 6.37. The van der Waals surface area contributed by atoms with Crippen molar-refractivity contribution in [2.45, 2.75) is 30.2 Å². The third kappa shape index (κ3) is 4.05. The third-order valence-corrected chi connectivity index (χ3v) is 4.58. The number of carbonyl (C=O) groups excluding carboxylic acids is 1. The van der Waals surface area contributed by atoms with Crippen LogP contribution in [0.3, 0.4) is 0 Å². The standard InChI is InChI=1S/C14H20N2O3S/c1-20(18,19)13-6-2-4-11(10-13)14(17)16-9-7-12-5-3-8-15-12/h2,4,6,10,12,15H,3,5,7-9H2,1H3,(H,16,17)/t12-/m1/s1. The molecule has 0 aromatic heterocycles. The van der Waals surface area contributed by atoms with Gasteiger partial charge in [-0.05, 0) is 44.0 Å². The zero-order valence-corrected chi connectivity index (χ0v) is 12.4. The number of nitrogens with one attached hydrogen (secondary N) is 2. The van der Waals surface area contributed by atoms with Crippen LogP contribution < -0.4 is 10.6 Å². The number of rotatable bonds is 5. The van der Waals surface area contributed by atoms with E-state index in [4.69, 9.17) is 0 Å². The van der Waals surface area contributed by atoms with Gasteiger partial charge in [0.05, 0.1) is 4.90 Å². The molecule has 0 radical (unpaired) electrons. The van der Waals surface area contributed by atoms with Crippen molar-refractivity contribution in [2.75, 3.05) is 19.3 Å². The van der Waals surface area contributed by atoms with Gasteiger partial charge < -0.3 is 10.6 Å². The van der Waals surface area contributed by atoms with Gasteiger partial charge in [0.15, 0.2) is 9.84 Å². The van der Waals surface area contributed by atoms with Gasteiger partial charge in [0.2, 0.25) is 0 Å². The van der Waals surface area contributed by atoms with Crippen LogP contribution in [0.1, 0.15) is 29.6 Å². The van der Waals surface area contributed by atoms with Gasteiger partial charge in [-0.15, -0.1) is 0 Å². The molecule has 0 spiro atoms. The lowest BCUT2D eigenvalue weighted by atomic mass is 10.1. The Kier molecular flexibility index (Phi) is 4.77. The summed E-state index contributed by atoms with van der Waals surface area (Å²) in [7, 11) is -3.28. The molecule has 1 heterocycles. The Morgan fingerprint density at radius 1 is 1.45 bits per heavy atom. The lowest BCUT2D eigenvalue weighted by molar-refractivity contribution is 0.0952. The molecule has 2 N–H and O–H groups in total.